The number of halogens is 2. The van der Waals surface area contributed by atoms with E-state index < -0.39 is 0 Å². The number of quaternary nitrogens is 2. The minimum absolute atomic E-state index is 0. The molecule has 3 heterocycles. The van der Waals surface area contributed by atoms with E-state index in [1.807, 2.05) is 0 Å². The predicted octanol–water partition coefficient (Wildman–Crippen LogP) is -6.61. The van der Waals surface area contributed by atoms with Gasteiger partial charge in [0.15, 0.2) is 0 Å². The molecule has 4 rings (SSSR count). The van der Waals surface area contributed by atoms with Crippen molar-refractivity contribution in [3.8, 4) is 0 Å². The third-order valence-corrected chi connectivity index (χ3v) is 5.44. The van der Waals surface area contributed by atoms with Crippen LogP contribution in [0.3, 0.4) is 0 Å². The minimum atomic E-state index is 0. The predicted molar refractivity (Wildman–Crippen MR) is 43.2 cm³/mol. The summed E-state index contributed by atoms with van der Waals surface area (Å²) in [5.74, 6) is 0. The third kappa shape index (κ3) is 0.479. The quantitative estimate of drug-likeness (QED) is 0.302. The van der Waals surface area contributed by atoms with Crippen molar-refractivity contribution in [2.24, 2.45) is 0 Å². The van der Waals surface area contributed by atoms with Gasteiger partial charge >= 0.3 is 5.72 Å². The van der Waals surface area contributed by atoms with E-state index in [-0.39, 0.29) is 30.5 Å². The van der Waals surface area contributed by atoms with Crippen molar-refractivity contribution in [3.63, 3.8) is 0 Å². The van der Waals surface area contributed by atoms with E-state index in [0.717, 1.165) is 23.2 Å². The Labute approximate surface area is 97.0 Å². The molecule has 0 radical (unpaired) electrons. The molecule has 0 N–H and O–H groups in total. The van der Waals surface area contributed by atoms with Crippen LogP contribution in [0.2, 0.25) is 0 Å². The van der Waals surface area contributed by atoms with E-state index in [9.17, 15) is 0 Å². The molecule has 5 heteroatoms. The lowest BCUT2D eigenvalue weighted by Crippen LogP contribution is -3.00. The SMILES string of the molecule is C[N+]1(C)C2C1C13OCC21[N+]3(C)C.[Cl-].[Cl-]. The molecule has 1 aliphatic carbocycles. The van der Waals surface area contributed by atoms with Crippen molar-refractivity contribution in [2.45, 2.75) is 23.3 Å². The molecular formula is C9H16Cl2N2O. The maximum atomic E-state index is 5.84. The number of hydrogen-bond donors (Lipinski definition) is 0. The van der Waals surface area contributed by atoms with Crippen LogP contribution in [-0.2, 0) is 4.74 Å². The van der Waals surface area contributed by atoms with E-state index in [0.29, 0.717) is 5.54 Å². The van der Waals surface area contributed by atoms with E-state index in [2.05, 4.69) is 28.2 Å². The molecule has 4 fully saturated rings. The lowest BCUT2D eigenvalue weighted by molar-refractivity contribution is -0.872. The number of nitrogens with zero attached hydrogens (tertiary/aromatic N) is 2. The van der Waals surface area contributed by atoms with Crippen molar-refractivity contribution >= 4 is 0 Å². The maximum absolute atomic E-state index is 5.84. The summed E-state index contributed by atoms with van der Waals surface area (Å²) < 4.78 is 8.22. The Morgan fingerprint density at radius 2 is 1.64 bits per heavy atom. The molecule has 3 saturated heterocycles. The molecule has 4 aliphatic rings. The fourth-order valence-electron chi connectivity index (χ4n) is 4.80. The molecule has 0 aromatic rings. The average molecular weight is 239 g/mol. The summed E-state index contributed by atoms with van der Waals surface area (Å²) in [6, 6.07) is 1.74. The number of likely N-dealkylation sites (N-methyl/N-ethyl adjacent to an activating group) is 2. The second-order valence-electron chi connectivity index (χ2n) is 5.88. The van der Waals surface area contributed by atoms with Crippen molar-refractivity contribution in [1.29, 1.82) is 0 Å². The summed E-state index contributed by atoms with van der Waals surface area (Å²) in [5, 5.41) is 0. The van der Waals surface area contributed by atoms with Crippen molar-refractivity contribution in [1.82, 2.24) is 0 Å². The first-order valence-electron chi connectivity index (χ1n) is 4.76. The molecule has 82 valence electrons. The first-order chi connectivity index (χ1) is 5.45. The Morgan fingerprint density at radius 1 is 1.07 bits per heavy atom. The van der Waals surface area contributed by atoms with Crippen molar-refractivity contribution in [2.75, 3.05) is 34.8 Å². The Hall–Kier alpha value is 0.460. The lowest BCUT2D eigenvalue weighted by atomic mass is 9.78. The Balaban J connectivity index is 0.000000375. The largest absolute Gasteiger partial charge is 1.00 e. The molecule has 0 aromatic heterocycles. The van der Waals surface area contributed by atoms with Crippen LogP contribution in [0.25, 0.3) is 0 Å². The molecule has 0 spiro atoms. The summed E-state index contributed by atoms with van der Waals surface area (Å²) in [7, 11) is 9.36. The molecule has 3 aliphatic heterocycles. The highest BCUT2D eigenvalue weighted by Gasteiger charge is 3.22. The van der Waals surface area contributed by atoms with E-state index in [1.165, 1.54) is 4.48 Å². The van der Waals surface area contributed by atoms with Gasteiger partial charge in [0.25, 0.3) is 5.54 Å². The van der Waals surface area contributed by atoms with Crippen LogP contribution in [0, 0.1) is 0 Å². The van der Waals surface area contributed by atoms with E-state index >= 15 is 0 Å². The zero-order valence-electron chi connectivity index (χ0n) is 8.92. The van der Waals surface area contributed by atoms with E-state index in [4.69, 9.17) is 4.74 Å². The van der Waals surface area contributed by atoms with Crippen LogP contribution in [0.5, 0.6) is 0 Å². The average Bonchev–Trinajstić information content (AvgIpc) is 2.47. The van der Waals surface area contributed by atoms with Gasteiger partial charge in [0.05, 0.1) is 28.2 Å². The van der Waals surface area contributed by atoms with E-state index in [1.54, 1.807) is 0 Å². The Bertz CT molecular complexity index is 305. The topological polar surface area (TPSA) is 9.23 Å². The van der Waals surface area contributed by atoms with Gasteiger partial charge in [-0.05, 0) is 0 Å². The Morgan fingerprint density at radius 3 is 1.86 bits per heavy atom. The fraction of sp³-hybridized carbons (Fsp3) is 1.00. The van der Waals surface area contributed by atoms with Gasteiger partial charge in [-0.1, -0.05) is 0 Å². The normalized spacial score (nSPS) is 60.9. The molecule has 0 amide bonds. The van der Waals surface area contributed by atoms with Gasteiger partial charge in [-0.3, -0.25) is 8.97 Å². The fourth-order valence-corrected chi connectivity index (χ4v) is 4.80. The number of likely N-dealkylation sites (tertiary alicyclic amines) is 2. The number of rotatable bonds is 0. The molecular weight excluding hydrogens is 223 g/mol. The number of ether oxygens (including phenoxy) is 1. The first-order valence-corrected chi connectivity index (χ1v) is 4.76. The van der Waals surface area contributed by atoms with Gasteiger partial charge in [0.2, 0.25) is 12.1 Å². The van der Waals surface area contributed by atoms with Gasteiger partial charge in [-0.2, -0.15) is 0 Å². The van der Waals surface area contributed by atoms with Crippen LogP contribution in [0.15, 0.2) is 0 Å². The molecule has 4 atom stereocenters. The van der Waals surface area contributed by atoms with Crippen LogP contribution in [-0.4, -0.2) is 67.1 Å². The number of hydrogen-bond acceptors (Lipinski definition) is 1. The van der Waals surface area contributed by atoms with Gasteiger partial charge in [-0.15, -0.1) is 0 Å². The van der Waals surface area contributed by atoms with Crippen molar-refractivity contribution in [3.05, 3.63) is 0 Å². The smallest absolute Gasteiger partial charge is 0.328 e. The molecule has 4 unspecified atom stereocenters. The van der Waals surface area contributed by atoms with Crippen LogP contribution >= 0.6 is 0 Å². The third-order valence-electron chi connectivity index (χ3n) is 5.44. The Kier molecular flexibility index (Phi) is 1.55. The summed E-state index contributed by atoms with van der Waals surface area (Å²) in [5.41, 5.74) is 0.836. The van der Waals surface area contributed by atoms with Crippen molar-refractivity contribution < 1.29 is 38.5 Å². The van der Waals surface area contributed by atoms with Crippen LogP contribution in [0.1, 0.15) is 0 Å². The monoisotopic (exact) mass is 238 g/mol. The molecule has 14 heavy (non-hydrogen) atoms. The standard InChI is InChI=1S/C9H16N2O.2ClH/c1-10(2)6-7(10)9-8(6,5-12-9)11(9,3)4;;/h6-7H,5H2,1-4H3;2*1H/q+2;;/p-2. The minimum Gasteiger partial charge on any atom is -1.00 e. The summed E-state index contributed by atoms with van der Waals surface area (Å²) in [4.78, 5) is 0. The molecule has 0 aromatic carbocycles. The van der Waals surface area contributed by atoms with Gasteiger partial charge in [0, 0.05) is 0 Å². The number of piperazine rings is 1. The highest BCUT2D eigenvalue weighted by molar-refractivity contribution is 5.43. The highest BCUT2D eigenvalue weighted by Crippen LogP contribution is 2.87. The molecule has 3 nitrogen and oxygen atoms in total. The van der Waals surface area contributed by atoms with Crippen LogP contribution < -0.4 is 24.8 Å². The summed E-state index contributed by atoms with van der Waals surface area (Å²) in [6.07, 6.45) is 0. The maximum Gasteiger partial charge on any atom is 0.328 e. The van der Waals surface area contributed by atoms with Gasteiger partial charge in [0.1, 0.15) is 6.61 Å². The highest BCUT2D eigenvalue weighted by atomic mass is 35.5. The van der Waals surface area contributed by atoms with Gasteiger partial charge in [-0.25, -0.2) is 0 Å². The zero-order valence-corrected chi connectivity index (χ0v) is 10.4. The number of fused-ring (bicyclic) bond motifs is 1. The van der Waals surface area contributed by atoms with Gasteiger partial charge < -0.3 is 29.6 Å². The second kappa shape index (κ2) is 1.98. The first kappa shape index (κ1) is 11.0. The molecule has 1 saturated carbocycles. The lowest BCUT2D eigenvalue weighted by Gasteiger charge is -2.25. The summed E-state index contributed by atoms with van der Waals surface area (Å²) >= 11 is 0. The second-order valence-corrected chi connectivity index (χ2v) is 5.88. The van der Waals surface area contributed by atoms with Crippen LogP contribution in [0.4, 0.5) is 0 Å². The zero-order chi connectivity index (χ0) is 8.57. The summed E-state index contributed by atoms with van der Waals surface area (Å²) in [6.45, 7) is 1.02. The molecule has 0 bridgehead atoms.